The highest BCUT2D eigenvalue weighted by molar-refractivity contribution is 5.75. The fraction of sp³-hybridized carbons (Fsp3) is 0.231. The molecular weight excluding hydrogens is 156 g/mol. The Morgan fingerprint density at radius 1 is 1.15 bits per heavy atom. The number of rotatable bonds is 2. The maximum atomic E-state index is 2.16. The lowest BCUT2D eigenvalue weighted by atomic mass is 10.0. The van der Waals surface area contributed by atoms with Gasteiger partial charge in [-0.25, -0.2) is 0 Å². The molecule has 0 unspecified atom stereocenters. The van der Waals surface area contributed by atoms with E-state index >= 15 is 0 Å². The molecule has 0 aliphatic carbocycles. The first-order valence-electron chi connectivity index (χ1n) is 4.64. The number of benzene rings is 1. The Balaban J connectivity index is 3.13. The molecule has 1 aromatic rings. The summed E-state index contributed by atoms with van der Waals surface area (Å²) in [6, 6.07) is 8.45. The van der Waals surface area contributed by atoms with E-state index in [4.69, 9.17) is 0 Å². The zero-order chi connectivity index (χ0) is 9.68. The standard InChI is InChI=1S/C13H16/c1-4-8-12(5-2)13-10-7-6-9-11(13)3/h4-10H,1-3H3/b8-4-,12-5?. The van der Waals surface area contributed by atoms with Crippen molar-refractivity contribution in [2.45, 2.75) is 20.8 Å². The molecule has 13 heavy (non-hydrogen) atoms. The van der Waals surface area contributed by atoms with Crippen molar-refractivity contribution < 1.29 is 0 Å². The van der Waals surface area contributed by atoms with E-state index in [1.807, 2.05) is 6.92 Å². The maximum absolute atomic E-state index is 2.16. The lowest BCUT2D eigenvalue weighted by Gasteiger charge is -2.05. The van der Waals surface area contributed by atoms with Crippen LogP contribution in [-0.2, 0) is 0 Å². The number of aryl methyl sites for hydroxylation is 1. The molecule has 0 saturated heterocycles. The molecular formula is C13H16. The van der Waals surface area contributed by atoms with E-state index in [0.717, 1.165) is 0 Å². The topological polar surface area (TPSA) is 0 Å². The van der Waals surface area contributed by atoms with Gasteiger partial charge in [-0.1, -0.05) is 42.5 Å². The minimum atomic E-state index is 1.29. The van der Waals surface area contributed by atoms with Crippen molar-refractivity contribution in [2.24, 2.45) is 0 Å². The first-order valence-corrected chi connectivity index (χ1v) is 4.64. The van der Waals surface area contributed by atoms with E-state index in [1.165, 1.54) is 16.7 Å². The summed E-state index contributed by atoms with van der Waals surface area (Å²) < 4.78 is 0. The molecule has 0 radical (unpaired) electrons. The fourth-order valence-corrected chi connectivity index (χ4v) is 1.42. The third kappa shape index (κ3) is 2.32. The van der Waals surface area contributed by atoms with Crippen LogP contribution in [0, 0.1) is 6.92 Å². The van der Waals surface area contributed by atoms with Gasteiger partial charge in [-0.05, 0) is 37.5 Å². The molecule has 0 heterocycles. The fourth-order valence-electron chi connectivity index (χ4n) is 1.42. The van der Waals surface area contributed by atoms with Gasteiger partial charge in [0.1, 0.15) is 0 Å². The molecule has 0 bridgehead atoms. The molecule has 0 heteroatoms. The van der Waals surface area contributed by atoms with Crippen LogP contribution in [0.15, 0.2) is 42.5 Å². The first kappa shape index (κ1) is 9.79. The van der Waals surface area contributed by atoms with Crippen molar-refractivity contribution >= 4 is 5.57 Å². The largest absolute Gasteiger partial charge is 0.0871 e. The van der Waals surface area contributed by atoms with E-state index in [1.54, 1.807) is 0 Å². The molecule has 0 aromatic heterocycles. The predicted molar refractivity (Wildman–Crippen MR) is 59.6 cm³/mol. The van der Waals surface area contributed by atoms with Crippen LogP contribution in [0.4, 0.5) is 0 Å². The molecule has 0 atom stereocenters. The van der Waals surface area contributed by atoms with Crippen LogP contribution in [0.1, 0.15) is 25.0 Å². The molecule has 0 fully saturated rings. The second-order valence-corrected chi connectivity index (χ2v) is 3.06. The molecule has 0 aliphatic heterocycles. The van der Waals surface area contributed by atoms with Crippen molar-refractivity contribution in [1.82, 2.24) is 0 Å². The molecule has 0 saturated carbocycles. The van der Waals surface area contributed by atoms with Crippen molar-refractivity contribution in [1.29, 1.82) is 0 Å². The highest BCUT2D eigenvalue weighted by Crippen LogP contribution is 2.19. The van der Waals surface area contributed by atoms with Crippen molar-refractivity contribution in [3.05, 3.63) is 53.6 Å². The molecule has 0 amide bonds. The van der Waals surface area contributed by atoms with Crippen molar-refractivity contribution in [2.75, 3.05) is 0 Å². The van der Waals surface area contributed by atoms with Gasteiger partial charge in [0, 0.05) is 0 Å². The van der Waals surface area contributed by atoms with Gasteiger partial charge in [0.2, 0.25) is 0 Å². The second kappa shape index (κ2) is 4.66. The normalized spacial score (nSPS) is 12.4. The Hall–Kier alpha value is -1.30. The molecule has 1 rings (SSSR count). The van der Waals surface area contributed by atoms with Crippen LogP contribution in [-0.4, -0.2) is 0 Å². The Bertz CT molecular complexity index is 330. The van der Waals surface area contributed by atoms with Gasteiger partial charge in [0.15, 0.2) is 0 Å². The molecule has 0 spiro atoms. The van der Waals surface area contributed by atoms with Gasteiger partial charge in [-0.15, -0.1) is 0 Å². The summed E-state index contributed by atoms with van der Waals surface area (Å²) in [7, 11) is 0. The SMILES string of the molecule is CC=C(/C=C\C)c1ccccc1C. The average molecular weight is 172 g/mol. The lowest BCUT2D eigenvalue weighted by molar-refractivity contribution is 1.42. The van der Waals surface area contributed by atoms with Gasteiger partial charge >= 0.3 is 0 Å². The second-order valence-electron chi connectivity index (χ2n) is 3.06. The summed E-state index contributed by atoms with van der Waals surface area (Å²) in [4.78, 5) is 0. The van der Waals surface area contributed by atoms with E-state index in [-0.39, 0.29) is 0 Å². The summed E-state index contributed by atoms with van der Waals surface area (Å²) in [5.74, 6) is 0. The number of allylic oxidation sites excluding steroid dienone is 4. The maximum Gasteiger partial charge on any atom is -0.0158 e. The molecule has 0 N–H and O–H groups in total. The first-order chi connectivity index (χ1) is 6.29. The van der Waals surface area contributed by atoms with Crippen molar-refractivity contribution in [3.63, 3.8) is 0 Å². The van der Waals surface area contributed by atoms with Gasteiger partial charge in [-0.2, -0.15) is 0 Å². The van der Waals surface area contributed by atoms with E-state index < -0.39 is 0 Å². The minimum Gasteiger partial charge on any atom is -0.0871 e. The van der Waals surface area contributed by atoms with E-state index in [0.29, 0.717) is 0 Å². The van der Waals surface area contributed by atoms with Gasteiger partial charge in [0.05, 0.1) is 0 Å². The molecule has 68 valence electrons. The number of hydrogen-bond donors (Lipinski definition) is 0. The van der Waals surface area contributed by atoms with Crippen LogP contribution < -0.4 is 0 Å². The van der Waals surface area contributed by atoms with Crippen LogP contribution in [0.25, 0.3) is 5.57 Å². The summed E-state index contributed by atoms with van der Waals surface area (Å²) in [6.07, 6.45) is 6.35. The average Bonchev–Trinajstić information content (AvgIpc) is 2.16. The van der Waals surface area contributed by atoms with Gasteiger partial charge in [0.25, 0.3) is 0 Å². The Kier molecular flexibility index (Phi) is 3.51. The van der Waals surface area contributed by atoms with Gasteiger partial charge in [-0.3, -0.25) is 0 Å². The monoisotopic (exact) mass is 172 g/mol. The molecule has 1 aromatic carbocycles. The smallest absolute Gasteiger partial charge is 0.0158 e. The van der Waals surface area contributed by atoms with E-state index in [9.17, 15) is 0 Å². The third-order valence-corrected chi connectivity index (χ3v) is 2.11. The van der Waals surface area contributed by atoms with Gasteiger partial charge < -0.3 is 0 Å². The van der Waals surface area contributed by atoms with Crippen LogP contribution in [0.5, 0.6) is 0 Å². The predicted octanol–water partition coefficient (Wildman–Crippen LogP) is 3.97. The van der Waals surface area contributed by atoms with Crippen LogP contribution >= 0.6 is 0 Å². The van der Waals surface area contributed by atoms with Crippen LogP contribution in [0.3, 0.4) is 0 Å². The number of hydrogen-bond acceptors (Lipinski definition) is 0. The Morgan fingerprint density at radius 3 is 2.38 bits per heavy atom. The minimum absolute atomic E-state index is 1.29. The summed E-state index contributed by atoms with van der Waals surface area (Å²) in [5.41, 5.74) is 3.94. The Morgan fingerprint density at radius 2 is 1.85 bits per heavy atom. The molecule has 0 aliphatic rings. The quantitative estimate of drug-likeness (QED) is 0.592. The summed E-state index contributed by atoms with van der Waals surface area (Å²) in [5, 5.41) is 0. The highest BCUT2D eigenvalue weighted by atomic mass is 14.0. The summed E-state index contributed by atoms with van der Waals surface area (Å²) in [6.45, 7) is 6.26. The van der Waals surface area contributed by atoms with Crippen LogP contribution in [0.2, 0.25) is 0 Å². The zero-order valence-corrected chi connectivity index (χ0v) is 8.54. The molecule has 0 nitrogen and oxygen atoms in total. The van der Waals surface area contributed by atoms with E-state index in [2.05, 4.69) is 56.3 Å². The highest BCUT2D eigenvalue weighted by Gasteiger charge is 1.98. The third-order valence-electron chi connectivity index (χ3n) is 2.11. The zero-order valence-electron chi connectivity index (χ0n) is 8.54. The Labute approximate surface area is 80.6 Å². The van der Waals surface area contributed by atoms with Crippen molar-refractivity contribution in [3.8, 4) is 0 Å². The lowest BCUT2D eigenvalue weighted by Crippen LogP contribution is -1.84. The summed E-state index contributed by atoms with van der Waals surface area (Å²) >= 11 is 0.